The summed E-state index contributed by atoms with van der Waals surface area (Å²) in [4.78, 5) is 0. The molecule has 2 nitrogen and oxygen atoms in total. The molecule has 3 unspecified atom stereocenters. The van der Waals surface area contributed by atoms with E-state index in [1.165, 1.54) is 38.6 Å². The summed E-state index contributed by atoms with van der Waals surface area (Å²) in [6.45, 7) is 5.77. The van der Waals surface area contributed by atoms with Gasteiger partial charge in [-0.05, 0) is 38.1 Å². The van der Waals surface area contributed by atoms with Gasteiger partial charge in [-0.25, -0.2) is 0 Å². The van der Waals surface area contributed by atoms with Crippen LogP contribution in [0.1, 0.15) is 46.0 Å². The van der Waals surface area contributed by atoms with Crippen LogP contribution in [0.3, 0.4) is 0 Å². The van der Waals surface area contributed by atoms with Crippen molar-refractivity contribution in [2.45, 2.75) is 64.2 Å². The average Bonchev–Trinajstić information content (AvgIpc) is 2.54. The Balaban J connectivity index is 1.71. The fraction of sp³-hybridized carbons (Fsp3) is 1.00. The first-order valence-corrected chi connectivity index (χ1v) is 6.16. The number of hydrogen-bond donors (Lipinski definition) is 1. The Kier molecular flexibility index (Phi) is 3.45. The smallest absolute Gasteiger partial charge is 0.0594 e. The molecule has 2 aliphatic rings. The summed E-state index contributed by atoms with van der Waals surface area (Å²) >= 11 is 0. The normalized spacial score (nSPS) is 38.6. The highest BCUT2D eigenvalue weighted by molar-refractivity contribution is 4.87. The highest BCUT2D eigenvalue weighted by atomic mass is 16.5. The minimum absolute atomic E-state index is 0.572. The van der Waals surface area contributed by atoms with Gasteiger partial charge in [-0.3, -0.25) is 0 Å². The summed E-state index contributed by atoms with van der Waals surface area (Å²) < 4.78 is 5.82. The van der Waals surface area contributed by atoms with Crippen molar-refractivity contribution in [3.63, 3.8) is 0 Å². The standard InChI is InChI=1S/C12H23NO/c1-3-9(2)8-13-10-6-11-4-5-12(7-10)14-11/h9-13H,3-8H2,1-2H3. The number of ether oxygens (including phenoxy) is 1. The zero-order valence-electron chi connectivity index (χ0n) is 9.46. The molecule has 82 valence electrons. The molecule has 0 aliphatic carbocycles. The molecular formula is C12H23NO. The van der Waals surface area contributed by atoms with Crippen LogP contribution in [0.4, 0.5) is 0 Å². The lowest BCUT2D eigenvalue weighted by Gasteiger charge is -2.29. The summed E-state index contributed by atoms with van der Waals surface area (Å²) in [5.74, 6) is 0.815. The molecule has 2 saturated heterocycles. The Labute approximate surface area is 87.4 Å². The zero-order valence-corrected chi connectivity index (χ0v) is 9.46. The van der Waals surface area contributed by atoms with E-state index in [9.17, 15) is 0 Å². The second kappa shape index (κ2) is 4.63. The summed E-state index contributed by atoms with van der Waals surface area (Å²) in [6, 6.07) is 0.732. The number of nitrogens with one attached hydrogen (secondary N) is 1. The van der Waals surface area contributed by atoms with Crippen molar-refractivity contribution < 1.29 is 4.74 Å². The van der Waals surface area contributed by atoms with Crippen molar-refractivity contribution in [3.05, 3.63) is 0 Å². The predicted octanol–water partition coefficient (Wildman–Crippen LogP) is 2.33. The van der Waals surface area contributed by atoms with Gasteiger partial charge in [0.1, 0.15) is 0 Å². The van der Waals surface area contributed by atoms with Gasteiger partial charge in [-0.2, -0.15) is 0 Å². The highest BCUT2D eigenvalue weighted by Crippen LogP contribution is 2.32. The Morgan fingerprint density at radius 3 is 2.50 bits per heavy atom. The van der Waals surface area contributed by atoms with E-state index in [2.05, 4.69) is 19.2 Å². The molecule has 2 heterocycles. The molecule has 2 aliphatic heterocycles. The van der Waals surface area contributed by atoms with Gasteiger partial charge in [0.05, 0.1) is 12.2 Å². The lowest BCUT2D eigenvalue weighted by molar-refractivity contribution is -0.00908. The molecular weight excluding hydrogens is 174 g/mol. The second-order valence-electron chi connectivity index (χ2n) is 5.05. The quantitative estimate of drug-likeness (QED) is 0.747. The van der Waals surface area contributed by atoms with E-state index >= 15 is 0 Å². The largest absolute Gasteiger partial charge is 0.375 e. The van der Waals surface area contributed by atoms with E-state index in [1.54, 1.807) is 0 Å². The van der Waals surface area contributed by atoms with Crippen molar-refractivity contribution in [2.75, 3.05) is 6.54 Å². The van der Waals surface area contributed by atoms with Crippen molar-refractivity contribution in [3.8, 4) is 0 Å². The molecule has 0 aromatic rings. The van der Waals surface area contributed by atoms with Gasteiger partial charge in [0, 0.05) is 6.04 Å². The van der Waals surface area contributed by atoms with Crippen LogP contribution in [0.5, 0.6) is 0 Å². The second-order valence-corrected chi connectivity index (χ2v) is 5.05. The fourth-order valence-electron chi connectivity index (χ4n) is 2.54. The Bertz CT molecular complexity index is 171. The number of hydrogen-bond acceptors (Lipinski definition) is 2. The molecule has 0 aromatic heterocycles. The van der Waals surface area contributed by atoms with Gasteiger partial charge >= 0.3 is 0 Å². The Morgan fingerprint density at radius 2 is 1.93 bits per heavy atom. The van der Waals surface area contributed by atoms with Gasteiger partial charge in [-0.1, -0.05) is 20.3 Å². The van der Waals surface area contributed by atoms with E-state index < -0.39 is 0 Å². The van der Waals surface area contributed by atoms with Gasteiger partial charge in [0.15, 0.2) is 0 Å². The molecule has 2 fully saturated rings. The molecule has 0 spiro atoms. The highest BCUT2D eigenvalue weighted by Gasteiger charge is 2.34. The van der Waals surface area contributed by atoms with Crippen LogP contribution < -0.4 is 5.32 Å². The van der Waals surface area contributed by atoms with E-state index in [-0.39, 0.29) is 0 Å². The van der Waals surface area contributed by atoms with E-state index in [1.807, 2.05) is 0 Å². The average molecular weight is 197 g/mol. The van der Waals surface area contributed by atoms with Crippen LogP contribution in [0.2, 0.25) is 0 Å². The Morgan fingerprint density at radius 1 is 1.29 bits per heavy atom. The summed E-state index contributed by atoms with van der Waals surface area (Å²) in [6.07, 6.45) is 7.51. The maximum absolute atomic E-state index is 5.82. The molecule has 0 aromatic carbocycles. The minimum Gasteiger partial charge on any atom is -0.375 e. The third kappa shape index (κ3) is 2.48. The van der Waals surface area contributed by atoms with Crippen LogP contribution in [0.25, 0.3) is 0 Å². The third-order valence-corrected chi connectivity index (χ3v) is 3.74. The first kappa shape index (κ1) is 10.4. The van der Waals surface area contributed by atoms with Crippen LogP contribution >= 0.6 is 0 Å². The molecule has 3 atom stereocenters. The molecule has 2 rings (SSSR count). The maximum atomic E-state index is 5.82. The van der Waals surface area contributed by atoms with Gasteiger partial charge in [0.25, 0.3) is 0 Å². The lowest BCUT2D eigenvalue weighted by Crippen LogP contribution is -2.40. The van der Waals surface area contributed by atoms with E-state index in [0.29, 0.717) is 12.2 Å². The SMILES string of the molecule is CCC(C)CNC1CC2CCC(C1)O2. The molecule has 2 heteroatoms. The number of rotatable bonds is 4. The zero-order chi connectivity index (χ0) is 9.97. The minimum atomic E-state index is 0.572. The summed E-state index contributed by atoms with van der Waals surface area (Å²) in [5.41, 5.74) is 0. The summed E-state index contributed by atoms with van der Waals surface area (Å²) in [7, 11) is 0. The first-order chi connectivity index (χ1) is 6.78. The molecule has 2 bridgehead atoms. The number of fused-ring (bicyclic) bond motifs is 2. The monoisotopic (exact) mass is 197 g/mol. The molecule has 0 amide bonds. The van der Waals surface area contributed by atoms with Crippen LogP contribution in [-0.2, 0) is 4.74 Å². The fourth-order valence-corrected chi connectivity index (χ4v) is 2.54. The lowest BCUT2D eigenvalue weighted by atomic mass is 10.0. The van der Waals surface area contributed by atoms with Crippen LogP contribution in [0.15, 0.2) is 0 Å². The van der Waals surface area contributed by atoms with Gasteiger partial charge in [0.2, 0.25) is 0 Å². The van der Waals surface area contributed by atoms with Crippen molar-refractivity contribution in [1.82, 2.24) is 5.32 Å². The van der Waals surface area contributed by atoms with Crippen molar-refractivity contribution >= 4 is 0 Å². The Hall–Kier alpha value is -0.0800. The summed E-state index contributed by atoms with van der Waals surface area (Å²) in [5, 5.41) is 3.69. The molecule has 0 saturated carbocycles. The first-order valence-electron chi connectivity index (χ1n) is 6.16. The maximum Gasteiger partial charge on any atom is 0.0594 e. The molecule has 0 radical (unpaired) electrons. The van der Waals surface area contributed by atoms with Gasteiger partial charge < -0.3 is 10.1 Å². The van der Waals surface area contributed by atoms with Gasteiger partial charge in [-0.15, -0.1) is 0 Å². The van der Waals surface area contributed by atoms with Crippen LogP contribution in [-0.4, -0.2) is 24.8 Å². The van der Waals surface area contributed by atoms with E-state index in [4.69, 9.17) is 4.74 Å². The van der Waals surface area contributed by atoms with Crippen molar-refractivity contribution in [1.29, 1.82) is 0 Å². The van der Waals surface area contributed by atoms with Crippen molar-refractivity contribution in [2.24, 2.45) is 5.92 Å². The van der Waals surface area contributed by atoms with E-state index in [0.717, 1.165) is 12.0 Å². The molecule has 1 N–H and O–H groups in total. The predicted molar refractivity (Wildman–Crippen MR) is 58.4 cm³/mol. The van der Waals surface area contributed by atoms with Crippen LogP contribution in [0, 0.1) is 5.92 Å². The molecule has 14 heavy (non-hydrogen) atoms. The third-order valence-electron chi connectivity index (χ3n) is 3.74. The topological polar surface area (TPSA) is 21.3 Å².